The Kier molecular flexibility index (Phi) is 5.75. The summed E-state index contributed by atoms with van der Waals surface area (Å²) in [5, 5.41) is 6.25. The van der Waals surface area contributed by atoms with Crippen LogP contribution in [0.5, 0.6) is 0 Å². The number of anilines is 1. The molecule has 2 rings (SSSR count). The van der Waals surface area contributed by atoms with Gasteiger partial charge in [0.05, 0.1) is 6.04 Å². The number of rotatable bonds is 5. The van der Waals surface area contributed by atoms with E-state index in [1.54, 1.807) is 0 Å². The molecule has 0 unspecified atom stereocenters. The van der Waals surface area contributed by atoms with E-state index in [2.05, 4.69) is 33.5 Å². The van der Waals surface area contributed by atoms with E-state index in [0.29, 0.717) is 0 Å². The third kappa shape index (κ3) is 4.42. The van der Waals surface area contributed by atoms with Crippen LogP contribution in [-0.2, 0) is 4.79 Å². The standard InChI is InChI=1S/C18H21BrN2O/c1-12-8-10-15(11-9-12)21-18(22)14(3)20-13(2)16-6-4-5-7-17(16)19/h4-11,13-14,20H,1-3H3,(H,21,22)/t13-,14-/m1/s1. The van der Waals surface area contributed by atoms with E-state index in [-0.39, 0.29) is 18.0 Å². The number of halogens is 1. The molecule has 2 N–H and O–H groups in total. The van der Waals surface area contributed by atoms with Crippen LogP contribution in [0.1, 0.15) is 31.0 Å². The average molecular weight is 361 g/mol. The number of benzene rings is 2. The van der Waals surface area contributed by atoms with E-state index in [9.17, 15) is 4.79 Å². The molecule has 0 aliphatic carbocycles. The summed E-state index contributed by atoms with van der Waals surface area (Å²) >= 11 is 3.54. The van der Waals surface area contributed by atoms with E-state index in [1.165, 1.54) is 5.56 Å². The second kappa shape index (κ2) is 7.56. The molecule has 2 aromatic rings. The van der Waals surface area contributed by atoms with Crippen molar-refractivity contribution in [2.45, 2.75) is 32.9 Å². The molecule has 116 valence electrons. The molecule has 2 atom stereocenters. The molecule has 0 aliphatic rings. The van der Waals surface area contributed by atoms with Gasteiger partial charge >= 0.3 is 0 Å². The Labute approximate surface area is 140 Å². The fourth-order valence-corrected chi connectivity index (χ4v) is 2.88. The molecule has 0 saturated heterocycles. The van der Waals surface area contributed by atoms with E-state index in [1.807, 2.05) is 62.4 Å². The van der Waals surface area contributed by atoms with Crippen molar-refractivity contribution >= 4 is 27.5 Å². The molecular weight excluding hydrogens is 340 g/mol. The minimum absolute atomic E-state index is 0.0391. The van der Waals surface area contributed by atoms with Crippen molar-refractivity contribution < 1.29 is 4.79 Å². The third-order valence-electron chi connectivity index (χ3n) is 3.58. The highest BCUT2D eigenvalue weighted by Gasteiger charge is 2.17. The molecular formula is C18H21BrN2O. The summed E-state index contributed by atoms with van der Waals surface area (Å²) in [5.74, 6) is -0.0391. The fraction of sp³-hybridized carbons (Fsp3) is 0.278. The topological polar surface area (TPSA) is 41.1 Å². The van der Waals surface area contributed by atoms with Crippen molar-refractivity contribution in [3.8, 4) is 0 Å². The average Bonchev–Trinajstić information content (AvgIpc) is 2.49. The summed E-state index contributed by atoms with van der Waals surface area (Å²) < 4.78 is 1.04. The van der Waals surface area contributed by atoms with Crippen molar-refractivity contribution in [3.63, 3.8) is 0 Å². The first kappa shape index (κ1) is 16.7. The normalized spacial score (nSPS) is 13.5. The zero-order valence-electron chi connectivity index (χ0n) is 13.1. The van der Waals surface area contributed by atoms with Gasteiger partial charge in [0.15, 0.2) is 0 Å². The van der Waals surface area contributed by atoms with Crippen LogP contribution < -0.4 is 10.6 Å². The van der Waals surface area contributed by atoms with Crippen LogP contribution in [0.15, 0.2) is 53.0 Å². The van der Waals surface area contributed by atoms with Crippen molar-refractivity contribution in [2.24, 2.45) is 0 Å². The van der Waals surface area contributed by atoms with Gasteiger partial charge in [0.25, 0.3) is 0 Å². The van der Waals surface area contributed by atoms with Crippen molar-refractivity contribution in [1.29, 1.82) is 0 Å². The van der Waals surface area contributed by atoms with Gasteiger partial charge in [-0.3, -0.25) is 10.1 Å². The molecule has 0 radical (unpaired) electrons. The summed E-state index contributed by atoms with van der Waals surface area (Å²) in [6.45, 7) is 5.95. The number of nitrogens with one attached hydrogen (secondary N) is 2. The Morgan fingerprint density at radius 1 is 1.05 bits per heavy atom. The Balaban J connectivity index is 1.96. The zero-order valence-corrected chi connectivity index (χ0v) is 14.6. The van der Waals surface area contributed by atoms with Crippen molar-refractivity contribution in [1.82, 2.24) is 5.32 Å². The maximum Gasteiger partial charge on any atom is 0.241 e. The van der Waals surface area contributed by atoms with Gasteiger partial charge in [-0.2, -0.15) is 0 Å². The van der Waals surface area contributed by atoms with Gasteiger partial charge in [-0.1, -0.05) is 51.8 Å². The van der Waals surface area contributed by atoms with Gasteiger partial charge in [-0.15, -0.1) is 0 Å². The quantitative estimate of drug-likeness (QED) is 0.827. The molecule has 0 aliphatic heterocycles. The lowest BCUT2D eigenvalue weighted by molar-refractivity contribution is -0.117. The molecule has 0 heterocycles. The number of aryl methyl sites for hydroxylation is 1. The summed E-state index contributed by atoms with van der Waals surface area (Å²) in [6.07, 6.45) is 0. The molecule has 0 saturated carbocycles. The number of carbonyl (C=O) groups is 1. The third-order valence-corrected chi connectivity index (χ3v) is 4.31. The van der Waals surface area contributed by atoms with Gasteiger partial charge in [-0.05, 0) is 44.5 Å². The maximum atomic E-state index is 12.3. The maximum absolute atomic E-state index is 12.3. The molecule has 4 heteroatoms. The van der Waals surface area contributed by atoms with Gasteiger partial charge in [0, 0.05) is 16.2 Å². The highest BCUT2D eigenvalue weighted by molar-refractivity contribution is 9.10. The summed E-state index contributed by atoms with van der Waals surface area (Å²) in [5.41, 5.74) is 3.13. The molecule has 1 amide bonds. The molecule has 0 spiro atoms. The van der Waals surface area contributed by atoms with Crippen molar-refractivity contribution in [2.75, 3.05) is 5.32 Å². The zero-order chi connectivity index (χ0) is 16.1. The first-order valence-corrected chi connectivity index (χ1v) is 8.14. The molecule has 22 heavy (non-hydrogen) atoms. The monoisotopic (exact) mass is 360 g/mol. The smallest absolute Gasteiger partial charge is 0.241 e. The van der Waals surface area contributed by atoms with E-state index >= 15 is 0 Å². The van der Waals surface area contributed by atoms with Crippen molar-refractivity contribution in [3.05, 3.63) is 64.1 Å². The lowest BCUT2D eigenvalue weighted by Gasteiger charge is -2.21. The van der Waals surface area contributed by atoms with E-state index in [4.69, 9.17) is 0 Å². The lowest BCUT2D eigenvalue weighted by atomic mass is 10.1. The van der Waals surface area contributed by atoms with Gasteiger partial charge in [-0.25, -0.2) is 0 Å². The van der Waals surface area contributed by atoms with Crippen LogP contribution in [-0.4, -0.2) is 11.9 Å². The number of carbonyl (C=O) groups excluding carboxylic acids is 1. The minimum Gasteiger partial charge on any atom is -0.325 e. The number of amides is 1. The van der Waals surface area contributed by atoms with E-state index in [0.717, 1.165) is 15.7 Å². The van der Waals surface area contributed by atoms with Crippen LogP contribution in [0.3, 0.4) is 0 Å². The SMILES string of the molecule is Cc1ccc(NC(=O)[C@@H](C)N[C@H](C)c2ccccc2Br)cc1. The highest BCUT2D eigenvalue weighted by Crippen LogP contribution is 2.23. The van der Waals surface area contributed by atoms with E-state index < -0.39 is 0 Å². The Hall–Kier alpha value is -1.65. The summed E-state index contributed by atoms with van der Waals surface area (Å²) in [7, 11) is 0. The van der Waals surface area contributed by atoms with Crippen LogP contribution in [0.25, 0.3) is 0 Å². The second-order valence-electron chi connectivity index (χ2n) is 5.49. The number of hydrogen-bond acceptors (Lipinski definition) is 2. The summed E-state index contributed by atoms with van der Waals surface area (Å²) in [4.78, 5) is 12.3. The molecule has 3 nitrogen and oxygen atoms in total. The fourth-order valence-electron chi connectivity index (χ4n) is 2.25. The van der Waals surface area contributed by atoms with Crippen LogP contribution in [0, 0.1) is 6.92 Å². The molecule has 0 fully saturated rings. The highest BCUT2D eigenvalue weighted by atomic mass is 79.9. The first-order valence-electron chi connectivity index (χ1n) is 7.35. The summed E-state index contributed by atoms with van der Waals surface area (Å²) in [6, 6.07) is 15.6. The van der Waals surface area contributed by atoms with Crippen LogP contribution >= 0.6 is 15.9 Å². The Bertz CT molecular complexity index is 640. The van der Waals surface area contributed by atoms with Crippen LogP contribution in [0.2, 0.25) is 0 Å². The van der Waals surface area contributed by atoms with Crippen LogP contribution in [0.4, 0.5) is 5.69 Å². The second-order valence-corrected chi connectivity index (χ2v) is 6.34. The Morgan fingerprint density at radius 2 is 1.68 bits per heavy atom. The Morgan fingerprint density at radius 3 is 2.32 bits per heavy atom. The lowest BCUT2D eigenvalue weighted by Crippen LogP contribution is -2.39. The predicted octanol–water partition coefficient (Wildman–Crippen LogP) is 4.44. The van der Waals surface area contributed by atoms with Gasteiger partial charge in [0.2, 0.25) is 5.91 Å². The molecule has 2 aromatic carbocycles. The largest absolute Gasteiger partial charge is 0.325 e. The molecule has 0 bridgehead atoms. The van der Waals surface area contributed by atoms with Gasteiger partial charge in [0.1, 0.15) is 0 Å². The number of hydrogen-bond donors (Lipinski definition) is 2. The minimum atomic E-state index is -0.289. The van der Waals surface area contributed by atoms with Gasteiger partial charge < -0.3 is 5.32 Å². The molecule has 0 aromatic heterocycles. The first-order chi connectivity index (χ1) is 10.5. The predicted molar refractivity (Wildman–Crippen MR) is 95.0 cm³/mol.